The lowest BCUT2D eigenvalue weighted by Gasteiger charge is -2.54. The largest absolute Gasteiger partial charge is 0.414 e. The average Bonchev–Trinajstić information content (AvgIpc) is 2.78. The molecule has 1 aromatic carbocycles. The second-order valence-corrected chi connectivity index (χ2v) is 18.3. The molecule has 1 aliphatic carbocycles. The summed E-state index contributed by atoms with van der Waals surface area (Å²) in [5, 5.41) is 0.0904. The number of sulfonamides is 1. The molecule has 4 nitrogen and oxygen atoms in total. The van der Waals surface area contributed by atoms with Gasteiger partial charge in [-0.25, -0.2) is 8.42 Å². The summed E-state index contributed by atoms with van der Waals surface area (Å²) in [5.41, 5.74) is 0.356. The Morgan fingerprint density at radius 3 is 2.34 bits per heavy atom. The van der Waals surface area contributed by atoms with Crippen LogP contribution in [-0.2, 0) is 14.4 Å². The Labute approximate surface area is 217 Å². The number of nitrogens with zero attached hydrogens (tertiary/aromatic N) is 1. The van der Waals surface area contributed by atoms with Crippen LogP contribution in [0.5, 0.6) is 0 Å². The van der Waals surface area contributed by atoms with E-state index in [2.05, 4.69) is 53.9 Å². The first-order valence-electron chi connectivity index (χ1n) is 13.3. The maximum absolute atomic E-state index is 14.2. The van der Waals surface area contributed by atoms with Crippen molar-refractivity contribution in [3.05, 3.63) is 55.1 Å². The normalized spacial score (nSPS) is 23.9. The second kappa shape index (κ2) is 11.9. The van der Waals surface area contributed by atoms with E-state index in [0.717, 1.165) is 44.1 Å². The van der Waals surface area contributed by atoms with Crippen LogP contribution in [0.2, 0.25) is 18.1 Å². The number of unbranched alkanes of at least 4 members (excludes halogenated alkanes) is 1. The zero-order valence-corrected chi connectivity index (χ0v) is 25.1. The molecule has 0 aromatic heterocycles. The van der Waals surface area contributed by atoms with Crippen molar-refractivity contribution in [2.75, 3.05) is 6.54 Å². The van der Waals surface area contributed by atoms with Gasteiger partial charge in [0.15, 0.2) is 8.32 Å². The van der Waals surface area contributed by atoms with Gasteiger partial charge in [0.2, 0.25) is 10.0 Å². The van der Waals surface area contributed by atoms with Crippen molar-refractivity contribution in [2.24, 2.45) is 5.92 Å². The minimum absolute atomic E-state index is 0.0219. The fourth-order valence-corrected chi connectivity index (χ4v) is 8.34. The van der Waals surface area contributed by atoms with Crippen LogP contribution < -0.4 is 0 Å². The van der Waals surface area contributed by atoms with Gasteiger partial charge in [-0.15, -0.1) is 13.2 Å². The fourth-order valence-electron chi connectivity index (χ4n) is 5.11. The molecule has 0 unspecified atom stereocenters. The van der Waals surface area contributed by atoms with Crippen molar-refractivity contribution < 1.29 is 12.8 Å². The van der Waals surface area contributed by atoms with E-state index in [9.17, 15) is 8.42 Å². The van der Waals surface area contributed by atoms with Gasteiger partial charge in [-0.3, -0.25) is 0 Å². The summed E-state index contributed by atoms with van der Waals surface area (Å²) in [6.45, 7) is 24.1. The molecule has 0 bridgehead atoms. The van der Waals surface area contributed by atoms with Gasteiger partial charge in [0.1, 0.15) is 0 Å². The second-order valence-electron chi connectivity index (χ2n) is 11.7. The van der Waals surface area contributed by atoms with Crippen LogP contribution in [0.25, 0.3) is 0 Å². The Hall–Kier alpha value is -1.21. The minimum atomic E-state index is -3.74. The molecule has 0 saturated heterocycles. The van der Waals surface area contributed by atoms with Crippen molar-refractivity contribution in [2.45, 2.75) is 114 Å². The molecule has 0 radical (unpaired) electrons. The van der Waals surface area contributed by atoms with Crippen LogP contribution in [0.1, 0.15) is 78.2 Å². The van der Waals surface area contributed by atoms with Crippen LogP contribution >= 0.6 is 0 Å². The Bertz CT molecular complexity index is 949. The van der Waals surface area contributed by atoms with Gasteiger partial charge in [0, 0.05) is 18.6 Å². The summed E-state index contributed by atoms with van der Waals surface area (Å²) >= 11 is 0. The molecule has 1 fully saturated rings. The summed E-state index contributed by atoms with van der Waals surface area (Å²) in [6, 6.07) is 7.21. The van der Waals surface area contributed by atoms with Crippen LogP contribution in [0, 0.1) is 12.8 Å². The lowest BCUT2D eigenvalue weighted by molar-refractivity contribution is -0.00753. The van der Waals surface area contributed by atoms with Crippen LogP contribution in [-0.4, -0.2) is 39.2 Å². The van der Waals surface area contributed by atoms with E-state index in [1.807, 2.05) is 31.2 Å². The van der Waals surface area contributed by atoms with Gasteiger partial charge in [0.25, 0.3) is 0 Å². The molecule has 2 rings (SSSR count). The Morgan fingerprint density at radius 2 is 1.83 bits per heavy atom. The molecular weight excluding hydrogens is 470 g/mol. The van der Waals surface area contributed by atoms with Crippen molar-refractivity contribution in [1.29, 1.82) is 0 Å². The molecule has 198 valence electrons. The predicted molar refractivity (Wildman–Crippen MR) is 152 cm³/mol. The molecule has 0 amide bonds. The molecule has 3 atom stereocenters. The van der Waals surface area contributed by atoms with Gasteiger partial charge in [0.05, 0.1) is 10.4 Å². The Kier molecular flexibility index (Phi) is 10.2. The Balaban J connectivity index is 2.64. The van der Waals surface area contributed by atoms with E-state index in [0.29, 0.717) is 17.9 Å². The lowest BCUT2D eigenvalue weighted by Crippen LogP contribution is -2.61. The molecule has 0 heterocycles. The third-order valence-corrected chi connectivity index (χ3v) is 14.7. The fraction of sp³-hybridized carbons (Fsp3) is 0.655. The van der Waals surface area contributed by atoms with E-state index in [1.54, 1.807) is 16.4 Å². The molecule has 1 saturated carbocycles. The third kappa shape index (κ3) is 6.57. The number of hydrogen-bond acceptors (Lipinski definition) is 3. The molecule has 1 aromatic rings. The summed E-state index contributed by atoms with van der Waals surface area (Å²) in [5.74, 6) is 0.0628. The molecule has 35 heavy (non-hydrogen) atoms. The highest BCUT2D eigenvalue weighted by Gasteiger charge is 2.53. The monoisotopic (exact) mass is 519 g/mol. The molecule has 1 aliphatic rings. The minimum Gasteiger partial charge on any atom is -0.414 e. The summed E-state index contributed by atoms with van der Waals surface area (Å²) < 4.78 is 37.2. The van der Waals surface area contributed by atoms with E-state index >= 15 is 0 Å². The molecule has 6 heteroatoms. The SMILES string of the molecule is C=CCCN([C@]1(C=C)CCC[C@H](O[Si](C)(C)C(C)(C)C)[C@H]1CCCC)S(=O)(=O)c1ccc(C)cc1. The number of benzene rings is 1. The zero-order chi connectivity index (χ0) is 26.5. The van der Waals surface area contributed by atoms with Gasteiger partial charge in [-0.2, -0.15) is 4.31 Å². The highest BCUT2D eigenvalue weighted by molar-refractivity contribution is 7.89. The molecule has 0 N–H and O–H groups in total. The highest BCUT2D eigenvalue weighted by atomic mass is 32.2. The smallest absolute Gasteiger partial charge is 0.243 e. The Morgan fingerprint density at radius 1 is 1.20 bits per heavy atom. The first-order chi connectivity index (χ1) is 16.3. The van der Waals surface area contributed by atoms with Crippen molar-refractivity contribution in [1.82, 2.24) is 4.31 Å². The first-order valence-corrected chi connectivity index (χ1v) is 17.6. The summed E-state index contributed by atoms with van der Waals surface area (Å²) in [6.07, 6.45) is 10.0. The van der Waals surface area contributed by atoms with Crippen molar-refractivity contribution >= 4 is 18.3 Å². The topological polar surface area (TPSA) is 46.6 Å². The van der Waals surface area contributed by atoms with Crippen LogP contribution in [0.4, 0.5) is 0 Å². The van der Waals surface area contributed by atoms with E-state index in [-0.39, 0.29) is 17.1 Å². The van der Waals surface area contributed by atoms with Crippen molar-refractivity contribution in [3.8, 4) is 0 Å². The average molecular weight is 520 g/mol. The maximum atomic E-state index is 14.2. The molecule has 0 spiro atoms. The van der Waals surface area contributed by atoms with E-state index < -0.39 is 23.9 Å². The van der Waals surface area contributed by atoms with Gasteiger partial charge in [-0.1, -0.05) is 70.4 Å². The summed E-state index contributed by atoms with van der Waals surface area (Å²) in [7, 11) is -5.79. The number of aryl methyl sites for hydroxylation is 1. The third-order valence-electron chi connectivity index (χ3n) is 8.24. The summed E-state index contributed by atoms with van der Waals surface area (Å²) in [4.78, 5) is 0.343. The van der Waals surface area contributed by atoms with Crippen molar-refractivity contribution in [3.63, 3.8) is 0 Å². The van der Waals surface area contributed by atoms with Gasteiger partial charge >= 0.3 is 0 Å². The molecular formula is C29H49NO3SSi. The van der Waals surface area contributed by atoms with E-state index in [4.69, 9.17) is 4.43 Å². The predicted octanol–water partition coefficient (Wildman–Crippen LogP) is 7.87. The quantitative estimate of drug-likeness (QED) is 0.208. The van der Waals surface area contributed by atoms with Crippen LogP contribution in [0.15, 0.2) is 54.5 Å². The van der Waals surface area contributed by atoms with Gasteiger partial charge in [-0.05, 0) is 69.3 Å². The number of rotatable bonds is 12. The van der Waals surface area contributed by atoms with Crippen LogP contribution in [0.3, 0.4) is 0 Å². The zero-order valence-electron chi connectivity index (χ0n) is 23.3. The highest BCUT2D eigenvalue weighted by Crippen LogP contribution is 2.48. The lowest BCUT2D eigenvalue weighted by atomic mass is 9.69. The standard InChI is InChI=1S/C29H49NO3SSi/c1-10-13-16-26-27(33-35(8,9)28(5,6)7)17-15-22-29(26,12-3)30(23-14-11-2)34(31,32)25-20-18-24(4)19-21-25/h11-12,18-21,26-27H,2-3,10,13-17,22-23H2,1,4-9H3/t26-,27+,29-/m1/s1. The first kappa shape index (κ1) is 30.0. The maximum Gasteiger partial charge on any atom is 0.243 e. The van der Waals surface area contributed by atoms with Gasteiger partial charge < -0.3 is 4.43 Å². The molecule has 0 aliphatic heterocycles. The number of hydrogen-bond donors (Lipinski definition) is 0. The van der Waals surface area contributed by atoms with E-state index in [1.165, 1.54) is 0 Å².